The van der Waals surface area contributed by atoms with Crippen LogP contribution in [0.4, 0.5) is 4.79 Å². The lowest BCUT2D eigenvalue weighted by atomic mass is 10.4. The van der Waals surface area contributed by atoms with E-state index in [1.54, 1.807) is 17.7 Å². The summed E-state index contributed by atoms with van der Waals surface area (Å²) in [6, 6.07) is 0. The van der Waals surface area contributed by atoms with Crippen molar-refractivity contribution in [1.82, 2.24) is 9.44 Å². The molecule has 0 aromatic carbocycles. The maximum Gasteiger partial charge on any atom is 0.421 e. The molecule has 82 valence electrons. The first-order chi connectivity index (χ1) is 6.52. The van der Waals surface area contributed by atoms with E-state index in [9.17, 15) is 13.2 Å². The first kappa shape index (κ1) is 12.9. The third-order valence-corrected chi connectivity index (χ3v) is 2.15. The van der Waals surface area contributed by atoms with E-state index in [4.69, 9.17) is 0 Å². The number of rotatable bonds is 6. The molecule has 6 nitrogen and oxygen atoms in total. The van der Waals surface area contributed by atoms with E-state index in [1.807, 2.05) is 0 Å². The summed E-state index contributed by atoms with van der Waals surface area (Å²) >= 11 is 0. The molecule has 7 heteroatoms. The fraction of sp³-hybridized carbons (Fsp3) is 0.571. The number of carbonyl (C=O) groups excluding carboxylic acids is 1. The largest absolute Gasteiger partial charge is 0.449 e. The first-order valence-electron chi connectivity index (χ1n) is 4.07. The van der Waals surface area contributed by atoms with Crippen molar-refractivity contribution >= 4 is 16.3 Å². The number of nitrogens with one attached hydrogen (secondary N) is 2. The van der Waals surface area contributed by atoms with Crippen molar-refractivity contribution in [2.45, 2.75) is 13.3 Å². The number of ether oxygens (including phenoxy) is 1. The number of amides is 1. The van der Waals surface area contributed by atoms with E-state index < -0.39 is 16.3 Å². The van der Waals surface area contributed by atoms with Crippen molar-refractivity contribution in [3.05, 3.63) is 12.7 Å². The zero-order valence-electron chi connectivity index (χ0n) is 7.95. The predicted molar refractivity (Wildman–Crippen MR) is 51.9 cm³/mol. The summed E-state index contributed by atoms with van der Waals surface area (Å²) in [5, 5.41) is 0. The van der Waals surface area contributed by atoms with Crippen molar-refractivity contribution in [3.63, 3.8) is 0 Å². The monoisotopic (exact) mass is 222 g/mol. The number of carbonyl (C=O) groups is 1. The molecule has 0 aliphatic heterocycles. The lowest BCUT2D eigenvalue weighted by Gasteiger charge is -2.06. The van der Waals surface area contributed by atoms with Crippen molar-refractivity contribution in [3.8, 4) is 0 Å². The summed E-state index contributed by atoms with van der Waals surface area (Å²) in [4.78, 5) is 10.7. The zero-order valence-corrected chi connectivity index (χ0v) is 8.76. The summed E-state index contributed by atoms with van der Waals surface area (Å²) in [5.74, 6) is 0. The van der Waals surface area contributed by atoms with Gasteiger partial charge in [0.2, 0.25) is 0 Å². The number of hydrogen-bond donors (Lipinski definition) is 2. The van der Waals surface area contributed by atoms with Gasteiger partial charge in [-0.2, -0.15) is 13.1 Å². The van der Waals surface area contributed by atoms with Gasteiger partial charge < -0.3 is 4.74 Å². The van der Waals surface area contributed by atoms with Gasteiger partial charge in [-0.05, 0) is 13.3 Å². The van der Waals surface area contributed by atoms with E-state index in [-0.39, 0.29) is 13.2 Å². The highest BCUT2D eigenvalue weighted by Crippen LogP contribution is 1.83. The Morgan fingerprint density at radius 2 is 2.21 bits per heavy atom. The Balaban J connectivity index is 3.94. The van der Waals surface area contributed by atoms with Gasteiger partial charge >= 0.3 is 16.3 Å². The third kappa shape index (κ3) is 6.44. The standard InChI is InChI=1S/C7H14N2O4S/c1-3-5-6-8-14(11,12)9-7(10)13-4-2/h3,8H,1,4-6H2,2H3,(H,9,10). The van der Waals surface area contributed by atoms with Gasteiger partial charge in [0.15, 0.2) is 0 Å². The molecule has 1 amide bonds. The van der Waals surface area contributed by atoms with Crippen LogP contribution in [0.15, 0.2) is 12.7 Å². The van der Waals surface area contributed by atoms with E-state index in [1.165, 1.54) is 0 Å². The molecule has 0 aliphatic carbocycles. The van der Waals surface area contributed by atoms with Crippen molar-refractivity contribution in [2.75, 3.05) is 13.2 Å². The quantitative estimate of drug-likeness (QED) is 0.494. The van der Waals surface area contributed by atoms with Crippen LogP contribution < -0.4 is 9.44 Å². The molecule has 0 fully saturated rings. The van der Waals surface area contributed by atoms with Crippen LogP contribution in [0.3, 0.4) is 0 Å². The SMILES string of the molecule is C=CCCNS(=O)(=O)NC(=O)OCC. The van der Waals surface area contributed by atoms with E-state index in [0.717, 1.165) is 0 Å². The Morgan fingerprint density at radius 1 is 1.57 bits per heavy atom. The van der Waals surface area contributed by atoms with Crippen LogP contribution in [0.2, 0.25) is 0 Å². The molecule has 14 heavy (non-hydrogen) atoms. The molecule has 0 saturated carbocycles. The Labute approximate surface area is 83.5 Å². The second kappa shape index (κ2) is 6.39. The van der Waals surface area contributed by atoms with Crippen LogP contribution in [0.25, 0.3) is 0 Å². The van der Waals surface area contributed by atoms with E-state index in [2.05, 4.69) is 16.0 Å². The van der Waals surface area contributed by atoms with Gasteiger partial charge in [0, 0.05) is 6.54 Å². The predicted octanol–water partition coefficient (Wildman–Crippen LogP) is 0.143. The average molecular weight is 222 g/mol. The summed E-state index contributed by atoms with van der Waals surface area (Å²) in [6.45, 7) is 5.32. The molecule has 0 radical (unpaired) electrons. The Bertz CT molecular complexity index is 286. The molecule has 0 rings (SSSR count). The lowest BCUT2D eigenvalue weighted by molar-refractivity contribution is 0.158. The van der Waals surface area contributed by atoms with E-state index in [0.29, 0.717) is 6.42 Å². The van der Waals surface area contributed by atoms with Gasteiger partial charge in [0.1, 0.15) is 0 Å². The van der Waals surface area contributed by atoms with Crippen LogP contribution in [0.1, 0.15) is 13.3 Å². The van der Waals surface area contributed by atoms with Gasteiger partial charge in [-0.15, -0.1) is 6.58 Å². The topological polar surface area (TPSA) is 84.5 Å². The molecule has 0 atom stereocenters. The molecule has 0 aromatic rings. The van der Waals surface area contributed by atoms with E-state index >= 15 is 0 Å². The lowest BCUT2D eigenvalue weighted by Crippen LogP contribution is -2.40. The summed E-state index contributed by atoms with van der Waals surface area (Å²) < 4.78 is 30.3. The second-order valence-corrected chi connectivity index (χ2v) is 3.80. The Morgan fingerprint density at radius 3 is 2.71 bits per heavy atom. The Kier molecular flexibility index (Phi) is 5.89. The smallest absolute Gasteiger partial charge is 0.421 e. The summed E-state index contributed by atoms with van der Waals surface area (Å²) in [5.41, 5.74) is 0. The molecule has 0 spiro atoms. The molecule has 0 heterocycles. The maximum atomic E-state index is 11.0. The molecule has 0 aromatic heterocycles. The Hall–Kier alpha value is -1.08. The van der Waals surface area contributed by atoms with Gasteiger partial charge in [-0.3, -0.25) is 0 Å². The number of hydrogen-bond acceptors (Lipinski definition) is 4. The third-order valence-electron chi connectivity index (χ3n) is 1.13. The average Bonchev–Trinajstić information content (AvgIpc) is 2.03. The van der Waals surface area contributed by atoms with Gasteiger partial charge in [0.05, 0.1) is 6.61 Å². The highest BCUT2D eigenvalue weighted by atomic mass is 32.2. The minimum Gasteiger partial charge on any atom is -0.449 e. The molecule has 2 N–H and O–H groups in total. The van der Waals surface area contributed by atoms with Crippen molar-refractivity contribution in [2.24, 2.45) is 0 Å². The summed E-state index contributed by atoms with van der Waals surface area (Å²) in [6.07, 6.45) is 1.06. The second-order valence-electron chi connectivity index (χ2n) is 2.30. The fourth-order valence-corrected chi connectivity index (χ4v) is 1.34. The fourth-order valence-electron chi connectivity index (χ4n) is 0.602. The maximum absolute atomic E-state index is 11.0. The highest BCUT2D eigenvalue weighted by Gasteiger charge is 2.13. The highest BCUT2D eigenvalue weighted by molar-refractivity contribution is 7.88. The normalized spacial score (nSPS) is 10.6. The molecule has 0 unspecified atom stereocenters. The minimum atomic E-state index is -3.80. The van der Waals surface area contributed by atoms with Gasteiger partial charge in [-0.1, -0.05) is 6.08 Å². The van der Waals surface area contributed by atoms with Crippen LogP contribution in [0, 0.1) is 0 Å². The van der Waals surface area contributed by atoms with Crippen LogP contribution in [0.5, 0.6) is 0 Å². The van der Waals surface area contributed by atoms with Crippen LogP contribution >= 0.6 is 0 Å². The minimum absolute atomic E-state index is 0.119. The van der Waals surface area contributed by atoms with Crippen LogP contribution in [-0.2, 0) is 14.9 Å². The van der Waals surface area contributed by atoms with Gasteiger partial charge in [0.25, 0.3) is 0 Å². The van der Waals surface area contributed by atoms with Crippen molar-refractivity contribution in [1.29, 1.82) is 0 Å². The summed E-state index contributed by atoms with van der Waals surface area (Å²) in [7, 11) is -3.80. The van der Waals surface area contributed by atoms with Crippen molar-refractivity contribution < 1.29 is 17.9 Å². The molecule has 0 bridgehead atoms. The first-order valence-corrected chi connectivity index (χ1v) is 5.55. The molecule has 0 aliphatic rings. The zero-order chi connectivity index (χ0) is 11.0. The molecular weight excluding hydrogens is 208 g/mol. The van der Waals surface area contributed by atoms with Crippen LogP contribution in [-0.4, -0.2) is 27.7 Å². The molecule has 0 saturated heterocycles. The van der Waals surface area contributed by atoms with Gasteiger partial charge in [-0.25, -0.2) is 9.52 Å². The molecular formula is C7H14N2O4S.